The van der Waals surface area contributed by atoms with E-state index in [0.717, 1.165) is 53.6 Å². The molecule has 7 N–H and O–H groups in total. The van der Waals surface area contributed by atoms with Crippen molar-refractivity contribution in [3.8, 4) is 0 Å². The number of fused-ring (bicyclic) bond motifs is 1. The molecule has 2 aromatic rings. The Labute approximate surface area is 178 Å². The normalized spacial score (nSPS) is 13.0. The highest BCUT2D eigenvalue weighted by atomic mass is 32.2. The number of nitrogens with two attached hydrogens (primary N) is 3. The number of alkyl halides is 2. The minimum atomic E-state index is -2.91. The van der Waals surface area contributed by atoms with Gasteiger partial charge in [0.2, 0.25) is 0 Å². The molecule has 3 rings (SSSR count). The fourth-order valence-corrected chi connectivity index (χ4v) is 3.93. The van der Waals surface area contributed by atoms with Gasteiger partial charge < -0.3 is 16.6 Å². The van der Waals surface area contributed by atoms with Gasteiger partial charge in [-0.15, -0.1) is 11.3 Å². The number of aliphatic hydroxyl groups is 1. The number of anilines is 1. The van der Waals surface area contributed by atoms with Crippen molar-refractivity contribution in [2.45, 2.75) is 62.7 Å². The van der Waals surface area contributed by atoms with E-state index in [4.69, 9.17) is 10.9 Å². The molecule has 0 radical (unpaired) electrons. The maximum Gasteiger partial charge on any atom is 0.287 e. The van der Waals surface area contributed by atoms with Crippen LogP contribution in [0.5, 0.6) is 0 Å². The van der Waals surface area contributed by atoms with Crippen LogP contribution in [0, 0.1) is 6.92 Å². The monoisotopic (exact) mass is 445 g/mol. The molecule has 29 heavy (non-hydrogen) atoms. The topological polar surface area (TPSA) is 124 Å². The molecule has 6 nitrogen and oxygen atoms in total. The first-order valence-electron chi connectivity index (χ1n) is 8.90. The molecule has 0 unspecified atom stereocenters. The van der Waals surface area contributed by atoms with Gasteiger partial charge in [-0.3, -0.25) is 10.1 Å². The predicted molar refractivity (Wildman–Crippen MR) is 117 cm³/mol. The van der Waals surface area contributed by atoms with E-state index in [1.807, 2.05) is 0 Å². The largest absolute Gasteiger partial charge is 0.405 e. The van der Waals surface area contributed by atoms with Crippen LogP contribution in [0.2, 0.25) is 0 Å². The van der Waals surface area contributed by atoms with Gasteiger partial charge in [0.25, 0.3) is 5.92 Å². The third-order valence-corrected chi connectivity index (χ3v) is 6.04. The Morgan fingerprint density at radius 1 is 1.31 bits per heavy atom. The van der Waals surface area contributed by atoms with E-state index in [9.17, 15) is 13.9 Å². The number of nitrogens with zero attached hydrogens (tertiary/aromatic N) is 2. The number of hydrogen-bond acceptors (Lipinski definition) is 8. The van der Waals surface area contributed by atoms with E-state index in [1.54, 1.807) is 27.0 Å². The van der Waals surface area contributed by atoms with E-state index in [2.05, 4.69) is 22.3 Å². The molecule has 1 aliphatic rings. The van der Waals surface area contributed by atoms with Crippen molar-refractivity contribution < 1.29 is 13.9 Å². The Bertz CT molecular complexity index is 829. The molecule has 0 aliphatic heterocycles. The van der Waals surface area contributed by atoms with E-state index >= 15 is 0 Å². The average Bonchev–Trinajstić information content (AvgIpc) is 3.27. The Hall–Kier alpha value is -1.75. The zero-order chi connectivity index (χ0) is 22.4. The molecule has 0 atom stereocenters. The lowest BCUT2D eigenvalue weighted by Crippen LogP contribution is -2.15. The molecule has 0 spiro atoms. The molecule has 0 fully saturated rings. The Balaban J connectivity index is 0.000000265. The summed E-state index contributed by atoms with van der Waals surface area (Å²) in [4.78, 5) is 8.08. The summed E-state index contributed by atoms with van der Waals surface area (Å²) in [6.07, 6.45) is 5.51. The van der Waals surface area contributed by atoms with Crippen molar-refractivity contribution in [3.05, 3.63) is 46.5 Å². The van der Waals surface area contributed by atoms with Crippen LogP contribution in [0.1, 0.15) is 54.7 Å². The van der Waals surface area contributed by atoms with Crippen LogP contribution >= 0.6 is 23.3 Å². The van der Waals surface area contributed by atoms with Gasteiger partial charge in [0.05, 0.1) is 10.4 Å². The van der Waals surface area contributed by atoms with E-state index in [-0.39, 0.29) is 5.69 Å². The highest BCUT2D eigenvalue weighted by molar-refractivity contribution is 7.99. The number of pyridine rings is 1. The van der Waals surface area contributed by atoms with Gasteiger partial charge >= 0.3 is 0 Å². The Kier molecular flexibility index (Phi) is 9.01. The minimum absolute atomic E-state index is 0.166. The van der Waals surface area contributed by atoms with Gasteiger partial charge in [-0.25, -0.2) is 4.98 Å². The summed E-state index contributed by atoms with van der Waals surface area (Å²) in [5, 5.41) is 15.5. The van der Waals surface area contributed by atoms with Gasteiger partial charge in [0.1, 0.15) is 16.3 Å². The lowest BCUT2D eigenvalue weighted by Gasteiger charge is -2.17. The van der Waals surface area contributed by atoms with Crippen LogP contribution in [0.15, 0.2) is 23.2 Å². The second-order valence-corrected chi connectivity index (χ2v) is 9.03. The van der Waals surface area contributed by atoms with Gasteiger partial charge in [-0.2, -0.15) is 8.78 Å². The zero-order valence-corrected chi connectivity index (χ0v) is 18.8. The fourth-order valence-electron chi connectivity index (χ4n) is 2.74. The lowest BCUT2D eigenvalue weighted by molar-refractivity contribution is 0.0119. The van der Waals surface area contributed by atoms with Crippen LogP contribution in [0.4, 0.5) is 14.5 Å². The molecule has 0 aromatic carbocycles. The standard InChI is InChI=1S/C11H14F2N2.C6H10N2OS2.C2H5N/c1-6-9(14)7-4-3-5-8(7)15-10(6)11(2,12)13;1-6(2,9)5-8-3-4(10-5)11-7;1-2-3/h3-5H2,1-2H3,(H2,14,15);3,9H,7H2,1-2H3;2H,1,3H2. The van der Waals surface area contributed by atoms with Gasteiger partial charge in [0, 0.05) is 18.3 Å². The summed E-state index contributed by atoms with van der Waals surface area (Å²) in [7, 11) is 0. The van der Waals surface area contributed by atoms with E-state index in [1.165, 1.54) is 17.5 Å². The third kappa shape index (κ3) is 6.91. The summed E-state index contributed by atoms with van der Waals surface area (Å²) < 4.78 is 27.4. The van der Waals surface area contributed by atoms with Crippen molar-refractivity contribution in [1.29, 1.82) is 0 Å². The maximum atomic E-state index is 13.2. The maximum absolute atomic E-state index is 13.2. The van der Waals surface area contributed by atoms with Crippen molar-refractivity contribution in [2.24, 2.45) is 10.9 Å². The van der Waals surface area contributed by atoms with Crippen LogP contribution < -0.4 is 16.6 Å². The van der Waals surface area contributed by atoms with Gasteiger partial charge in [0.15, 0.2) is 0 Å². The number of rotatable bonds is 3. The van der Waals surface area contributed by atoms with Gasteiger partial charge in [-0.05, 0) is 69.3 Å². The molecule has 2 aromatic heterocycles. The van der Waals surface area contributed by atoms with Crippen LogP contribution in [0.3, 0.4) is 0 Å². The highest BCUT2D eigenvalue weighted by Gasteiger charge is 2.32. The SMILES string of the molecule is C=CN.CC(C)(O)c1ncc(SN)s1.Cc1c(C(C)(F)F)nc2c(c1N)CCC2. The molecule has 10 heteroatoms. The summed E-state index contributed by atoms with van der Waals surface area (Å²) in [6.45, 7) is 9.03. The molecular formula is C19H29F2N5OS2. The predicted octanol–water partition coefficient (Wildman–Crippen LogP) is 4.00. The van der Waals surface area contributed by atoms with Crippen LogP contribution in [0.25, 0.3) is 0 Å². The molecular weight excluding hydrogens is 416 g/mol. The van der Waals surface area contributed by atoms with Crippen LogP contribution in [-0.4, -0.2) is 15.1 Å². The lowest BCUT2D eigenvalue weighted by atomic mass is 10.0. The zero-order valence-electron chi connectivity index (χ0n) is 17.1. The summed E-state index contributed by atoms with van der Waals surface area (Å²) in [6, 6.07) is 0. The number of hydrogen-bond donors (Lipinski definition) is 4. The molecule has 0 amide bonds. The first-order chi connectivity index (χ1) is 13.4. The van der Waals surface area contributed by atoms with Crippen LogP contribution in [-0.2, 0) is 24.4 Å². The molecule has 2 heterocycles. The quantitative estimate of drug-likeness (QED) is 0.526. The van der Waals surface area contributed by atoms with Crippen molar-refractivity contribution in [3.63, 3.8) is 0 Å². The van der Waals surface area contributed by atoms with E-state index < -0.39 is 11.5 Å². The minimum Gasteiger partial charge on any atom is -0.405 e. The molecule has 0 bridgehead atoms. The first kappa shape index (κ1) is 25.3. The van der Waals surface area contributed by atoms with Crippen molar-refractivity contribution in [1.82, 2.24) is 9.97 Å². The molecule has 0 saturated heterocycles. The van der Waals surface area contributed by atoms with Crippen molar-refractivity contribution >= 4 is 29.0 Å². The number of aromatic nitrogens is 2. The second-order valence-electron chi connectivity index (χ2n) is 7.06. The number of halogens is 2. The Morgan fingerprint density at radius 2 is 1.90 bits per heavy atom. The fraction of sp³-hybridized carbons (Fsp3) is 0.474. The molecule has 1 aliphatic carbocycles. The number of nitrogen functional groups attached to an aromatic ring is 1. The number of thiazole rings is 1. The summed E-state index contributed by atoms with van der Waals surface area (Å²) >= 11 is 2.57. The van der Waals surface area contributed by atoms with E-state index in [0.29, 0.717) is 16.3 Å². The summed E-state index contributed by atoms with van der Waals surface area (Å²) in [5.74, 6) is -2.91. The highest BCUT2D eigenvalue weighted by Crippen LogP contribution is 2.36. The second kappa shape index (κ2) is 10.3. The van der Waals surface area contributed by atoms with Gasteiger partial charge in [-0.1, -0.05) is 6.58 Å². The average molecular weight is 446 g/mol. The molecule has 0 saturated carbocycles. The number of aryl methyl sites for hydroxylation is 1. The Morgan fingerprint density at radius 3 is 2.31 bits per heavy atom. The smallest absolute Gasteiger partial charge is 0.287 e. The third-order valence-electron chi connectivity index (χ3n) is 4.06. The first-order valence-corrected chi connectivity index (χ1v) is 10.6. The van der Waals surface area contributed by atoms with Crippen molar-refractivity contribution in [2.75, 3.05) is 5.73 Å². The summed E-state index contributed by atoms with van der Waals surface area (Å²) in [5.41, 5.74) is 12.1. The molecule has 162 valence electrons.